The molecule has 0 saturated carbocycles. The highest BCUT2D eigenvalue weighted by molar-refractivity contribution is 8.00. The average molecular weight is 243 g/mol. The van der Waals surface area contributed by atoms with E-state index in [4.69, 9.17) is 0 Å². The molecule has 1 rings (SSSR count). The number of thioether (sulfide) groups is 1. The fraction of sp³-hybridized carbons (Fsp3) is 0.667. The molecule has 0 aliphatic carbocycles. The highest BCUT2D eigenvalue weighted by atomic mass is 32.2. The van der Waals surface area contributed by atoms with E-state index in [1.54, 1.807) is 0 Å². The van der Waals surface area contributed by atoms with Crippen LogP contribution < -0.4 is 5.32 Å². The second-order valence-corrected chi connectivity index (χ2v) is 7.38. The van der Waals surface area contributed by atoms with Crippen LogP contribution >= 0.6 is 23.1 Å². The van der Waals surface area contributed by atoms with E-state index < -0.39 is 0 Å². The lowest BCUT2D eigenvalue weighted by Crippen LogP contribution is -2.24. The van der Waals surface area contributed by atoms with Gasteiger partial charge in [-0.25, -0.2) is 0 Å². The summed E-state index contributed by atoms with van der Waals surface area (Å²) in [6, 6.07) is 4.87. The smallest absolute Gasteiger partial charge is 0.0506 e. The van der Waals surface area contributed by atoms with Gasteiger partial charge >= 0.3 is 0 Å². The molecule has 0 bridgehead atoms. The molecule has 1 N–H and O–H groups in total. The number of rotatable bonds is 5. The lowest BCUT2D eigenvalue weighted by atomic mass is 10.2. The molecular formula is C12H21NS2. The van der Waals surface area contributed by atoms with Crippen LogP contribution in [0, 0.1) is 0 Å². The van der Waals surface area contributed by atoms with E-state index in [9.17, 15) is 0 Å². The molecule has 15 heavy (non-hydrogen) atoms. The number of hydrogen-bond donors (Lipinski definition) is 1. The molecule has 0 radical (unpaired) electrons. The van der Waals surface area contributed by atoms with Gasteiger partial charge in [0.2, 0.25) is 0 Å². The molecule has 0 amide bonds. The standard InChI is InChI=1S/C12H21NS2/c1-5-13-10(9-15-12(2,3)4)11-7-6-8-14-11/h6-8,10,13H,5,9H2,1-4H3. The van der Waals surface area contributed by atoms with Crippen molar-refractivity contribution in [2.24, 2.45) is 0 Å². The largest absolute Gasteiger partial charge is 0.309 e. The Labute approximate surface area is 102 Å². The Hall–Kier alpha value is 0.01000. The third-order valence-corrected chi connectivity index (χ3v) is 4.37. The van der Waals surface area contributed by atoms with Crippen LogP contribution in [0.5, 0.6) is 0 Å². The molecule has 0 aliphatic heterocycles. The zero-order valence-corrected chi connectivity index (χ0v) is 11.7. The van der Waals surface area contributed by atoms with Crippen molar-refractivity contribution in [1.29, 1.82) is 0 Å². The molecule has 1 aromatic rings. The molecule has 1 heterocycles. The molecule has 1 atom stereocenters. The van der Waals surface area contributed by atoms with Crippen LogP contribution in [0.15, 0.2) is 17.5 Å². The molecular weight excluding hydrogens is 222 g/mol. The Morgan fingerprint density at radius 3 is 2.67 bits per heavy atom. The summed E-state index contributed by atoms with van der Waals surface area (Å²) in [5, 5.41) is 5.70. The highest BCUT2D eigenvalue weighted by Crippen LogP contribution is 2.29. The van der Waals surface area contributed by atoms with Crippen LogP contribution in [0.2, 0.25) is 0 Å². The second-order valence-electron chi connectivity index (χ2n) is 4.55. The maximum absolute atomic E-state index is 3.55. The maximum atomic E-state index is 3.55. The fourth-order valence-corrected chi connectivity index (χ4v) is 3.18. The summed E-state index contributed by atoms with van der Waals surface area (Å²) in [6.07, 6.45) is 0. The van der Waals surface area contributed by atoms with E-state index in [1.807, 2.05) is 23.1 Å². The van der Waals surface area contributed by atoms with E-state index in [-0.39, 0.29) is 0 Å². The lowest BCUT2D eigenvalue weighted by Gasteiger charge is -2.22. The minimum atomic E-state index is 0.352. The van der Waals surface area contributed by atoms with Gasteiger partial charge in [0.15, 0.2) is 0 Å². The van der Waals surface area contributed by atoms with E-state index in [0.717, 1.165) is 12.3 Å². The Kier molecular flexibility index (Phi) is 5.16. The van der Waals surface area contributed by atoms with Crippen molar-refractivity contribution in [1.82, 2.24) is 5.32 Å². The minimum Gasteiger partial charge on any atom is -0.309 e. The van der Waals surface area contributed by atoms with E-state index in [2.05, 4.69) is 50.5 Å². The van der Waals surface area contributed by atoms with Gasteiger partial charge in [-0.1, -0.05) is 33.8 Å². The van der Waals surface area contributed by atoms with Gasteiger partial charge in [0.25, 0.3) is 0 Å². The molecule has 0 fully saturated rings. The van der Waals surface area contributed by atoms with Crippen LogP contribution in [0.1, 0.15) is 38.6 Å². The fourth-order valence-electron chi connectivity index (χ4n) is 1.31. The number of hydrogen-bond acceptors (Lipinski definition) is 3. The van der Waals surface area contributed by atoms with Crippen molar-refractivity contribution in [2.75, 3.05) is 12.3 Å². The number of nitrogens with one attached hydrogen (secondary N) is 1. The van der Waals surface area contributed by atoms with E-state index >= 15 is 0 Å². The van der Waals surface area contributed by atoms with Gasteiger partial charge in [-0.15, -0.1) is 11.3 Å². The molecule has 0 aromatic carbocycles. The summed E-state index contributed by atoms with van der Waals surface area (Å²) >= 11 is 3.87. The van der Waals surface area contributed by atoms with Gasteiger partial charge in [-0.2, -0.15) is 11.8 Å². The lowest BCUT2D eigenvalue weighted by molar-refractivity contribution is 0.612. The van der Waals surface area contributed by atoms with Crippen LogP contribution in [-0.2, 0) is 0 Å². The molecule has 1 unspecified atom stereocenters. The molecule has 1 nitrogen and oxygen atoms in total. The first-order valence-electron chi connectivity index (χ1n) is 5.43. The molecule has 0 aliphatic rings. The summed E-state index contributed by atoms with van der Waals surface area (Å²) in [7, 11) is 0. The topological polar surface area (TPSA) is 12.0 Å². The molecule has 3 heteroatoms. The Bertz CT molecular complexity index is 262. The van der Waals surface area contributed by atoms with Gasteiger partial charge in [0.1, 0.15) is 0 Å². The van der Waals surface area contributed by atoms with Crippen LogP contribution in [-0.4, -0.2) is 17.0 Å². The summed E-state index contributed by atoms with van der Waals surface area (Å²) < 4.78 is 0.352. The molecule has 1 aromatic heterocycles. The normalized spacial score (nSPS) is 14.1. The first kappa shape index (κ1) is 13.1. The van der Waals surface area contributed by atoms with Gasteiger partial charge in [0.05, 0.1) is 6.04 Å². The van der Waals surface area contributed by atoms with Gasteiger partial charge in [0, 0.05) is 15.4 Å². The Morgan fingerprint density at radius 2 is 2.20 bits per heavy atom. The third kappa shape index (κ3) is 5.05. The first-order valence-corrected chi connectivity index (χ1v) is 7.30. The summed E-state index contributed by atoms with van der Waals surface area (Å²) in [6.45, 7) is 10.0. The van der Waals surface area contributed by atoms with Crippen LogP contribution in [0.3, 0.4) is 0 Å². The molecule has 0 spiro atoms. The SMILES string of the molecule is CCNC(CSC(C)(C)C)c1cccs1. The number of thiophene rings is 1. The quantitative estimate of drug-likeness (QED) is 0.841. The second kappa shape index (κ2) is 5.92. The van der Waals surface area contributed by atoms with Crippen molar-refractivity contribution in [3.05, 3.63) is 22.4 Å². The van der Waals surface area contributed by atoms with Gasteiger partial charge in [-0.05, 0) is 18.0 Å². The molecule has 0 saturated heterocycles. The van der Waals surface area contributed by atoms with Crippen LogP contribution in [0.4, 0.5) is 0 Å². The van der Waals surface area contributed by atoms with Crippen molar-refractivity contribution < 1.29 is 0 Å². The Balaban J connectivity index is 2.52. The third-order valence-electron chi connectivity index (χ3n) is 2.02. The predicted octanol–water partition coefficient (Wildman–Crippen LogP) is 3.93. The predicted molar refractivity (Wildman–Crippen MR) is 72.9 cm³/mol. The Morgan fingerprint density at radius 1 is 1.47 bits per heavy atom. The minimum absolute atomic E-state index is 0.352. The average Bonchev–Trinajstić information content (AvgIpc) is 2.63. The van der Waals surface area contributed by atoms with Gasteiger partial charge in [-0.3, -0.25) is 0 Å². The zero-order chi connectivity index (χ0) is 11.3. The molecule has 86 valence electrons. The van der Waals surface area contributed by atoms with Gasteiger partial charge < -0.3 is 5.32 Å². The van der Waals surface area contributed by atoms with Crippen molar-refractivity contribution in [3.8, 4) is 0 Å². The maximum Gasteiger partial charge on any atom is 0.0506 e. The van der Waals surface area contributed by atoms with E-state index in [1.165, 1.54) is 4.88 Å². The van der Waals surface area contributed by atoms with Crippen LogP contribution in [0.25, 0.3) is 0 Å². The van der Waals surface area contributed by atoms with Crippen molar-refractivity contribution in [3.63, 3.8) is 0 Å². The van der Waals surface area contributed by atoms with Crippen molar-refractivity contribution >= 4 is 23.1 Å². The zero-order valence-electron chi connectivity index (χ0n) is 10.0. The highest BCUT2D eigenvalue weighted by Gasteiger charge is 2.16. The van der Waals surface area contributed by atoms with Crippen molar-refractivity contribution in [2.45, 2.75) is 38.5 Å². The van der Waals surface area contributed by atoms with E-state index in [0.29, 0.717) is 10.8 Å². The summed E-state index contributed by atoms with van der Waals surface area (Å²) in [4.78, 5) is 1.45. The summed E-state index contributed by atoms with van der Waals surface area (Å²) in [5.41, 5.74) is 0. The monoisotopic (exact) mass is 243 g/mol. The summed E-state index contributed by atoms with van der Waals surface area (Å²) in [5.74, 6) is 1.15. The first-order chi connectivity index (χ1) is 7.03.